The summed E-state index contributed by atoms with van der Waals surface area (Å²) in [5.41, 5.74) is 1.82. The van der Waals surface area contributed by atoms with E-state index >= 15 is 0 Å². The zero-order valence-electron chi connectivity index (χ0n) is 8.16. The first-order valence-corrected chi connectivity index (χ1v) is 4.60. The minimum Gasteiger partial charge on any atom is -0.375 e. The van der Waals surface area contributed by atoms with E-state index in [-0.39, 0.29) is 6.10 Å². The number of morpholine rings is 1. The van der Waals surface area contributed by atoms with E-state index in [0.29, 0.717) is 19.7 Å². The van der Waals surface area contributed by atoms with Crippen molar-refractivity contribution in [2.24, 2.45) is 5.84 Å². The SMILES string of the molecule is CCC1CN(C(=O)C(=O)NN)CCO1. The molecule has 1 atom stereocenters. The summed E-state index contributed by atoms with van der Waals surface area (Å²) in [7, 11) is 0. The monoisotopic (exact) mass is 201 g/mol. The summed E-state index contributed by atoms with van der Waals surface area (Å²) in [4.78, 5) is 23.8. The Morgan fingerprint density at radius 1 is 1.64 bits per heavy atom. The van der Waals surface area contributed by atoms with Crippen LogP contribution >= 0.6 is 0 Å². The van der Waals surface area contributed by atoms with Gasteiger partial charge in [0.2, 0.25) is 0 Å². The topological polar surface area (TPSA) is 84.7 Å². The molecule has 2 amide bonds. The number of hydrogen-bond donors (Lipinski definition) is 2. The van der Waals surface area contributed by atoms with Gasteiger partial charge in [-0.3, -0.25) is 15.0 Å². The largest absolute Gasteiger partial charge is 0.375 e. The number of nitrogens with one attached hydrogen (secondary N) is 1. The first-order chi connectivity index (χ1) is 6.69. The first kappa shape index (κ1) is 10.9. The van der Waals surface area contributed by atoms with E-state index in [1.54, 1.807) is 0 Å². The molecule has 1 fully saturated rings. The van der Waals surface area contributed by atoms with Crippen LogP contribution in [0.15, 0.2) is 0 Å². The Hall–Kier alpha value is -1.14. The molecule has 0 aliphatic carbocycles. The molecule has 1 aliphatic rings. The van der Waals surface area contributed by atoms with Crippen LogP contribution in [-0.4, -0.2) is 42.5 Å². The maximum Gasteiger partial charge on any atom is 0.323 e. The number of nitrogens with two attached hydrogens (primary N) is 1. The van der Waals surface area contributed by atoms with Crippen molar-refractivity contribution in [1.29, 1.82) is 0 Å². The second-order valence-electron chi connectivity index (χ2n) is 3.13. The van der Waals surface area contributed by atoms with Crippen LogP contribution in [0.2, 0.25) is 0 Å². The van der Waals surface area contributed by atoms with Gasteiger partial charge in [-0.05, 0) is 6.42 Å². The number of carbonyl (C=O) groups excluding carboxylic acids is 2. The smallest absolute Gasteiger partial charge is 0.323 e. The van der Waals surface area contributed by atoms with Gasteiger partial charge in [-0.1, -0.05) is 6.92 Å². The van der Waals surface area contributed by atoms with Crippen LogP contribution in [0.3, 0.4) is 0 Å². The average Bonchev–Trinajstić information content (AvgIpc) is 2.27. The number of ether oxygens (including phenoxy) is 1. The van der Waals surface area contributed by atoms with Crippen molar-refractivity contribution in [3.8, 4) is 0 Å². The fourth-order valence-electron chi connectivity index (χ4n) is 1.36. The fraction of sp³-hybridized carbons (Fsp3) is 0.750. The van der Waals surface area contributed by atoms with Crippen LogP contribution in [0, 0.1) is 0 Å². The molecule has 1 saturated heterocycles. The van der Waals surface area contributed by atoms with E-state index in [1.165, 1.54) is 4.90 Å². The van der Waals surface area contributed by atoms with Crippen molar-refractivity contribution in [2.75, 3.05) is 19.7 Å². The molecule has 1 aliphatic heterocycles. The molecule has 1 rings (SSSR count). The third-order valence-electron chi connectivity index (χ3n) is 2.21. The number of amides is 2. The molecule has 0 aromatic rings. The van der Waals surface area contributed by atoms with Gasteiger partial charge in [-0.2, -0.15) is 0 Å². The van der Waals surface area contributed by atoms with Crippen molar-refractivity contribution in [1.82, 2.24) is 10.3 Å². The average molecular weight is 201 g/mol. The van der Waals surface area contributed by atoms with Gasteiger partial charge in [0.25, 0.3) is 0 Å². The Balaban J connectivity index is 2.51. The number of hydrogen-bond acceptors (Lipinski definition) is 4. The third kappa shape index (κ3) is 2.43. The maximum atomic E-state index is 11.4. The molecule has 0 aromatic carbocycles. The normalized spacial score (nSPS) is 21.9. The van der Waals surface area contributed by atoms with Crippen LogP contribution in [0.25, 0.3) is 0 Å². The summed E-state index contributed by atoms with van der Waals surface area (Å²) in [6, 6.07) is 0. The highest BCUT2D eigenvalue weighted by atomic mass is 16.5. The molecule has 14 heavy (non-hydrogen) atoms. The standard InChI is InChI=1S/C8H15N3O3/c1-2-6-5-11(3-4-14-6)8(13)7(12)10-9/h6H,2-5,9H2,1H3,(H,10,12). The van der Waals surface area contributed by atoms with Gasteiger partial charge < -0.3 is 9.64 Å². The van der Waals surface area contributed by atoms with Gasteiger partial charge in [-0.15, -0.1) is 0 Å². The predicted molar refractivity (Wildman–Crippen MR) is 48.9 cm³/mol. The molecule has 80 valence electrons. The number of carbonyl (C=O) groups is 2. The van der Waals surface area contributed by atoms with Crippen molar-refractivity contribution in [3.05, 3.63) is 0 Å². The zero-order chi connectivity index (χ0) is 10.6. The molecule has 0 spiro atoms. The van der Waals surface area contributed by atoms with Crippen molar-refractivity contribution < 1.29 is 14.3 Å². The van der Waals surface area contributed by atoms with Gasteiger partial charge in [-0.25, -0.2) is 5.84 Å². The van der Waals surface area contributed by atoms with Gasteiger partial charge in [0.1, 0.15) is 0 Å². The van der Waals surface area contributed by atoms with Gasteiger partial charge in [0.15, 0.2) is 0 Å². The zero-order valence-corrected chi connectivity index (χ0v) is 8.16. The molecule has 3 N–H and O–H groups in total. The van der Waals surface area contributed by atoms with Gasteiger partial charge >= 0.3 is 11.8 Å². The summed E-state index contributed by atoms with van der Waals surface area (Å²) in [6.45, 7) is 3.36. The van der Waals surface area contributed by atoms with Gasteiger partial charge in [0.05, 0.1) is 12.7 Å². The van der Waals surface area contributed by atoms with Crippen LogP contribution in [0.4, 0.5) is 0 Å². The molecule has 0 aromatic heterocycles. The number of hydrazine groups is 1. The van der Waals surface area contributed by atoms with E-state index in [2.05, 4.69) is 0 Å². The number of nitrogens with zero attached hydrogens (tertiary/aromatic N) is 1. The van der Waals surface area contributed by atoms with E-state index < -0.39 is 11.8 Å². The second kappa shape index (κ2) is 4.92. The highest BCUT2D eigenvalue weighted by Crippen LogP contribution is 2.07. The maximum absolute atomic E-state index is 11.4. The van der Waals surface area contributed by atoms with Crippen LogP contribution in [0.5, 0.6) is 0 Å². The molecule has 6 heteroatoms. The summed E-state index contributed by atoms with van der Waals surface area (Å²) < 4.78 is 5.36. The van der Waals surface area contributed by atoms with E-state index in [9.17, 15) is 9.59 Å². The molecule has 0 saturated carbocycles. The fourth-order valence-corrected chi connectivity index (χ4v) is 1.36. The molecule has 0 radical (unpaired) electrons. The molecule has 1 heterocycles. The molecular formula is C8H15N3O3. The molecule has 0 bridgehead atoms. The first-order valence-electron chi connectivity index (χ1n) is 4.60. The minimum absolute atomic E-state index is 0.0262. The summed E-state index contributed by atoms with van der Waals surface area (Å²) in [5, 5.41) is 0. The lowest BCUT2D eigenvalue weighted by Crippen LogP contribution is -2.51. The Bertz CT molecular complexity index is 232. The highest BCUT2D eigenvalue weighted by molar-refractivity contribution is 6.34. The lowest BCUT2D eigenvalue weighted by molar-refractivity contribution is -0.150. The minimum atomic E-state index is -0.776. The summed E-state index contributed by atoms with van der Waals surface area (Å²) >= 11 is 0. The van der Waals surface area contributed by atoms with E-state index in [4.69, 9.17) is 10.6 Å². The van der Waals surface area contributed by atoms with Crippen molar-refractivity contribution in [3.63, 3.8) is 0 Å². The second-order valence-corrected chi connectivity index (χ2v) is 3.13. The predicted octanol–water partition coefficient (Wildman–Crippen LogP) is -1.39. The van der Waals surface area contributed by atoms with Crippen LogP contribution in [-0.2, 0) is 14.3 Å². The lowest BCUT2D eigenvalue weighted by atomic mass is 10.2. The highest BCUT2D eigenvalue weighted by Gasteiger charge is 2.26. The van der Waals surface area contributed by atoms with Gasteiger partial charge in [0, 0.05) is 13.1 Å². The van der Waals surface area contributed by atoms with Crippen LogP contribution in [0.1, 0.15) is 13.3 Å². The quantitative estimate of drug-likeness (QED) is 0.237. The Kier molecular flexibility index (Phi) is 3.84. The summed E-state index contributed by atoms with van der Waals surface area (Å²) in [5.74, 6) is 3.50. The Morgan fingerprint density at radius 2 is 2.36 bits per heavy atom. The Labute approximate surface area is 82.3 Å². The molecular weight excluding hydrogens is 186 g/mol. The third-order valence-corrected chi connectivity index (χ3v) is 2.21. The van der Waals surface area contributed by atoms with Crippen molar-refractivity contribution >= 4 is 11.8 Å². The molecule has 6 nitrogen and oxygen atoms in total. The lowest BCUT2D eigenvalue weighted by Gasteiger charge is -2.31. The summed E-state index contributed by atoms with van der Waals surface area (Å²) in [6.07, 6.45) is 0.854. The van der Waals surface area contributed by atoms with Crippen LogP contribution < -0.4 is 11.3 Å². The van der Waals surface area contributed by atoms with E-state index in [0.717, 1.165) is 6.42 Å². The Morgan fingerprint density at radius 3 is 2.93 bits per heavy atom. The van der Waals surface area contributed by atoms with E-state index in [1.807, 2.05) is 12.3 Å². The van der Waals surface area contributed by atoms with Crippen molar-refractivity contribution in [2.45, 2.75) is 19.4 Å². The molecule has 1 unspecified atom stereocenters. The number of rotatable bonds is 1.